The number of hydrogen-bond donors (Lipinski definition) is 1. The van der Waals surface area contributed by atoms with Crippen molar-refractivity contribution in [1.82, 2.24) is 0 Å². The fraction of sp³-hybridized carbons (Fsp3) is 0.211. The second kappa shape index (κ2) is 10.4. The van der Waals surface area contributed by atoms with Gasteiger partial charge in [0.05, 0.1) is 0 Å². The molecule has 0 heterocycles. The standard InChI is InChI=1S/C19H17F2NO5S/c1-12(18(25)22-14-4-8-16(9-5-14)28-19(20)21)27-17(24)11-26-15-6-2-13(10-23)3-7-15/h2-10,12,19H,11H2,1H3,(H,22,25)/t12-/m1/s1. The first-order chi connectivity index (χ1) is 13.4. The molecule has 1 atom stereocenters. The number of carbonyl (C=O) groups is 3. The third kappa shape index (κ3) is 6.99. The maximum absolute atomic E-state index is 12.3. The van der Waals surface area contributed by atoms with Gasteiger partial charge in [0.25, 0.3) is 11.7 Å². The Morgan fingerprint density at radius 2 is 1.75 bits per heavy atom. The van der Waals surface area contributed by atoms with Gasteiger partial charge in [0, 0.05) is 16.1 Å². The molecule has 28 heavy (non-hydrogen) atoms. The summed E-state index contributed by atoms with van der Waals surface area (Å²) in [5, 5.41) is 2.53. The fourth-order valence-electron chi connectivity index (χ4n) is 2.03. The topological polar surface area (TPSA) is 81.7 Å². The molecule has 0 saturated heterocycles. The summed E-state index contributed by atoms with van der Waals surface area (Å²) in [5.74, 6) is -3.46. The van der Waals surface area contributed by atoms with E-state index in [0.29, 0.717) is 39.9 Å². The molecule has 0 aromatic heterocycles. The number of carbonyl (C=O) groups excluding carboxylic acids is 3. The van der Waals surface area contributed by atoms with Crippen LogP contribution < -0.4 is 10.1 Å². The first kappa shape index (κ1) is 21.4. The highest BCUT2D eigenvalue weighted by molar-refractivity contribution is 7.99. The van der Waals surface area contributed by atoms with Crippen LogP contribution in [0.4, 0.5) is 14.5 Å². The minimum Gasteiger partial charge on any atom is -0.482 e. The normalized spacial score (nSPS) is 11.6. The molecule has 0 bridgehead atoms. The van der Waals surface area contributed by atoms with Crippen molar-refractivity contribution in [2.75, 3.05) is 11.9 Å². The van der Waals surface area contributed by atoms with Crippen LogP contribution in [0.25, 0.3) is 0 Å². The lowest BCUT2D eigenvalue weighted by atomic mass is 10.2. The molecular formula is C19H17F2NO5S. The average Bonchev–Trinajstić information content (AvgIpc) is 2.67. The Labute approximate surface area is 164 Å². The monoisotopic (exact) mass is 409 g/mol. The number of rotatable bonds is 9. The van der Waals surface area contributed by atoms with Crippen LogP contribution in [0.5, 0.6) is 5.75 Å². The zero-order valence-electron chi connectivity index (χ0n) is 14.8. The lowest BCUT2D eigenvalue weighted by molar-refractivity contribution is -0.155. The van der Waals surface area contributed by atoms with Gasteiger partial charge in [-0.15, -0.1) is 0 Å². The number of esters is 1. The molecule has 0 fully saturated rings. The van der Waals surface area contributed by atoms with Crippen molar-refractivity contribution in [2.24, 2.45) is 0 Å². The van der Waals surface area contributed by atoms with Gasteiger partial charge in [-0.2, -0.15) is 8.78 Å². The Balaban J connectivity index is 1.78. The summed E-state index contributed by atoms with van der Waals surface area (Å²) in [4.78, 5) is 34.8. The molecule has 148 valence electrons. The van der Waals surface area contributed by atoms with Crippen molar-refractivity contribution < 1.29 is 32.6 Å². The lowest BCUT2D eigenvalue weighted by Gasteiger charge is -2.14. The maximum Gasteiger partial charge on any atom is 0.344 e. The van der Waals surface area contributed by atoms with Gasteiger partial charge in [0.1, 0.15) is 12.0 Å². The molecule has 0 radical (unpaired) electrons. The predicted octanol–water partition coefficient (Wildman–Crippen LogP) is 3.76. The molecule has 0 aliphatic heterocycles. The molecule has 1 amide bonds. The van der Waals surface area contributed by atoms with E-state index in [2.05, 4.69) is 5.32 Å². The molecule has 2 rings (SSSR count). The summed E-state index contributed by atoms with van der Waals surface area (Å²) >= 11 is 0.400. The fourth-order valence-corrected chi connectivity index (χ4v) is 2.53. The molecule has 0 aliphatic carbocycles. The van der Waals surface area contributed by atoms with Crippen molar-refractivity contribution in [1.29, 1.82) is 0 Å². The summed E-state index contributed by atoms with van der Waals surface area (Å²) in [6.45, 7) is 0.991. The molecule has 6 nitrogen and oxygen atoms in total. The van der Waals surface area contributed by atoms with E-state index in [9.17, 15) is 23.2 Å². The van der Waals surface area contributed by atoms with E-state index in [1.165, 1.54) is 55.5 Å². The molecule has 0 spiro atoms. The number of amides is 1. The first-order valence-electron chi connectivity index (χ1n) is 8.10. The van der Waals surface area contributed by atoms with Crippen LogP contribution >= 0.6 is 11.8 Å². The molecule has 2 aromatic carbocycles. The highest BCUT2D eigenvalue weighted by atomic mass is 32.2. The number of halogens is 2. The van der Waals surface area contributed by atoms with Gasteiger partial charge >= 0.3 is 5.97 Å². The summed E-state index contributed by atoms with van der Waals surface area (Å²) in [6, 6.07) is 12.0. The number of alkyl halides is 2. The second-order valence-electron chi connectivity index (χ2n) is 5.50. The largest absolute Gasteiger partial charge is 0.482 e. The minimum absolute atomic E-state index is 0.366. The van der Waals surface area contributed by atoms with Gasteiger partial charge in [-0.05, 0) is 55.5 Å². The second-order valence-corrected chi connectivity index (χ2v) is 6.56. The maximum atomic E-state index is 12.3. The van der Waals surface area contributed by atoms with E-state index in [1.807, 2.05) is 0 Å². The molecule has 0 aliphatic rings. The number of hydrogen-bond acceptors (Lipinski definition) is 6. The van der Waals surface area contributed by atoms with Crippen molar-refractivity contribution in [3.05, 3.63) is 54.1 Å². The van der Waals surface area contributed by atoms with Crippen molar-refractivity contribution in [3.63, 3.8) is 0 Å². The molecule has 1 N–H and O–H groups in total. The Kier molecular flexibility index (Phi) is 7.94. The third-order valence-corrected chi connectivity index (χ3v) is 4.12. The van der Waals surface area contributed by atoms with E-state index in [0.717, 1.165) is 0 Å². The Morgan fingerprint density at radius 1 is 1.11 bits per heavy atom. The van der Waals surface area contributed by atoms with E-state index in [4.69, 9.17) is 9.47 Å². The number of thioether (sulfide) groups is 1. The van der Waals surface area contributed by atoms with Crippen LogP contribution in [0, 0.1) is 0 Å². The van der Waals surface area contributed by atoms with Gasteiger partial charge in [-0.3, -0.25) is 9.59 Å². The molecule has 2 aromatic rings. The molecular weight excluding hydrogens is 392 g/mol. The summed E-state index contributed by atoms with van der Waals surface area (Å²) in [6.07, 6.45) is -0.396. The SMILES string of the molecule is C[C@@H](OC(=O)COc1ccc(C=O)cc1)C(=O)Nc1ccc(SC(F)F)cc1. The Hall–Kier alpha value is -2.94. The Morgan fingerprint density at radius 3 is 2.32 bits per heavy atom. The molecule has 9 heteroatoms. The van der Waals surface area contributed by atoms with Crippen molar-refractivity contribution >= 4 is 35.6 Å². The van der Waals surface area contributed by atoms with E-state index in [-0.39, 0.29) is 0 Å². The van der Waals surface area contributed by atoms with Gasteiger partial charge in [0.15, 0.2) is 12.7 Å². The van der Waals surface area contributed by atoms with Gasteiger partial charge < -0.3 is 14.8 Å². The predicted molar refractivity (Wildman–Crippen MR) is 99.8 cm³/mol. The number of anilines is 1. The van der Waals surface area contributed by atoms with Crippen molar-refractivity contribution in [3.8, 4) is 5.75 Å². The van der Waals surface area contributed by atoms with Gasteiger partial charge in [-0.1, -0.05) is 11.8 Å². The molecule has 0 saturated carbocycles. The van der Waals surface area contributed by atoms with Crippen LogP contribution in [0.1, 0.15) is 17.3 Å². The van der Waals surface area contributed by atoms with E-state index >= 15 is 0 Å². The summed E-state index contributed by atoms with van der Waals surface area (Å²) in [7, 11) is 0. The van der Waals surface area contributed by atoms with Crippen LogP contribution in [0.15, 0.2) is 53.4 Å². The van der Waals surface area contributed by atoms with E-state index in [1.54, 1.807) is 0 Å². The highest BCUT2D eigenvalue weighted by Crippen LogP contribution is 2.26. The van der Waals surface area contributed by atoms with Crippen LogP contribution in [-0.2, 0) is 14.3 Å². The van der Waals surface area contributed by atoms with Gasteiger partial charge in [-0.25, -0.2) is 4.79 Å². The smallest absolute Gasteiger partial charge is 0.344 e. The Bertz CT molecular complexity index is 812. The number of ether oxygens (including phenoxy) is 2. The number of aldehydes is 1. The van der Waals surface area contributed by atoms with Crippen molar-refractivity contribution in [2.45, 2.75) is 23.7 Å². The lowest BCUT2D eigenvalue weighted by Crippen LogP contribution is -2.31. The number of nitrogens with one attached hydrogen (secondary N) is 1. The zero-order valence-corrected chi connectivity index (χ0v) is 15.6. The summed E-state index contributed by atoms with van der Waals surface area (Å²) in [5.41, 5.74) is 0.860. The van der Waals surface area contributed by atoms with Crippen LogP contribution in [0.3, 0.4) is 0 Å². The molecule has 0 unspecified atom stereocenters. The first-order valence-corrected chi connectivity index (χ1v) is 8.98. The van der Waals surface area contributed by atoms with Gasteiger partial charge in [0.2, 0.25) is 0 Å². The number of benzene rings is 2. The quantitative estimate of drug-likeness (QED) is 0.386. The van der Waals surface area contributed by atoms with Crippen LogP contribution in [0.2, 0.25) is 0 Å². The minimum atomic E-state index is -2.52. The average molecular weight is 409 g/mol. The summed E-state index contributed by atoms with van der Waals surface area (Å²) < 4.78 is 34.8. The highest BCUT2D eigenvalue weighted by Gasteiger charge is 2.18. The van der Waals surface area contributed by atoms with Crippen LogP contribution in [-0.4, -0.2) is 36.6 Å². The third-order valence-electron chi connectivity index (χ3n) is 3.40. The zero-order chi connectivity index (χ0) is 20.5. The van der Waals surface area contributed by atoms with E-state index < -0.39 is 30.3 Å².